The lowest BCUT2D eigenvalue weighted by atomic mass is 10.1. The molecule has 2 aromatic heterocycles. The third-order valence-electron chi connectivity index (χ3n) is 4.75. The molecule has 0 saturated heterocycles. The van der Waals surface area contributed by atoms with E-state index in [-0.39, 0.29) is 28.1 Å². The Hall–Kier alpha value is -2.97. The third-order valence-corrected chi connectivity index (χ3v) is 6.58. The van der Waals surface area contributed by atoms with Crippen molar-refractivity contribution in [2.24, 2.45) is 0 Å². The predicted octanol–water partition coefficient (Wildman–Crippen LogP) is 4.93. The Morgan fingerprint density at radius 1 is 1.17 bits per heavy atom. The first kappa shape index (κ1) is 20.3. The van der Waals surface area contributed by atoms with Crippen LogP contribution in [-0.4, -0.2) is 21.2 Å². The standard InChI is InChI=1S/C22H18FN3O2S2/c1-13-6-5-8-16(14(13)2)24-19(27)12-30-22-25-17-10-11-29-20(17)21(28)26(22)18-9-4-3-7-15(18)23/h3-11H,12H2,1-2H3,(H,24,27). The summed E-state index contributed by atoms with van der Waals surface area (Å²) in [5.74, 6) is -0.725. The van der Waals surface area contributed by atoms with E-state index in [0.717, 1.165) is 28.6 Å². The largest absolute Gasteiger partial charge is 0.325 e. The van der Waals surface area contributed by atoms with E-state index in [1.54, 1.807) is 23.6 Å². The lowest BCUT2D eigenvalue weighted by Crippen LogP contribution is -2.23. The summed E-state index contributed by atoms with van der Waals surface area (Å²) in [6, 6.07) is 13.5. The van der Waals surface area contributed by atoms with Gasteiger partial charge in [-0.05, 0) is 54.6 Å². The number of para-hydroxylation sites is 1. The van der Waals surface area contributed by atoms with Crippen LogP contribution in [0.5, 0.6) is 0 Å². The van der Waals surface area contributed by atoms with Crippen molar-refractivity contribution < 1.29 is 9.18 Å². The normalized spacial score (nSPS) is 11.0. The molecule has 0 aliphatic rings. The maximum Gasteiger partial charge on any atom is 0.276 e. The number of benzene rings is 2. The molecule has 2 aromatic carbocycles. The SMILES string of the molecule is Cc1cccc(NC(=O)CSc2nc3ccsc3c(=O)n2-c2ccccc2F)c1C. The van der Waals surface area contributed by atoms with Crippen LogP contribution in [0.4, 0.5) is 10.1 Å². The summed E-state index contributed by atoms with van der Waals surface area (Å²) in [6.07, 6.45) is 0. The van der Waals surface area contributed by atoms with Gasteiger partial charge >= 0.3 is 0 Å². The molecular formula is C22H18FN3O2S2. The van der Waals surface area contributed by atoms with Crippen LogP contribution in [-0.2, 0) is 4.79 Å². The second kappa shape index (κ2) is 8.41. The highest BCUT2D eigenvalue weighted by Gasteiger charge is 2.18. The average molecular weight is 440 g/mol. The number of carbonyl (C=O) groups excluding carboxylic acids is 1. The number of aryl methyl sites for hydroxylation is 1. The van der Waals surface area contributed by atoms with Crippen molar-refractivity contribution in [2.45, 2.75) is 19.0 Å². The van der Waals surface area contributed by atoms with Crippen molar-refractivity contribution in [1.29, 1.82) is 0 Å². The van der Waals surface area contributed by atoms with E-state index in [1.165, 1.54) is 28.0 Å². The molecule has 0 unspecified atom stereocenters. The topological polar surface area (TPSA) is 64.0 Å². The molecule has 0 aliphatic heterocycles. The van der Waals surface area contributed by atoms with Crippen LogP contribution in [0, 0.1) is 19.7 Å². The van der Waals surface area contributed by atoms with Gasteiger partial charge in [0.15, 0.2) is 5.16 Å². The van der Waals surface area contributed by atoms with Gasteiger partial charge in [-0.1, -0.05) is 36.0 Å². The zero-order valence-electron chi connectivity index (χ0n) is 16.3. The molecule has 2 heterocycles. The Morgan fingerprint density at radius 3 is 2.77 bits per heavy atom. The van der Waals surface area contributed by atoms with Crippen molar-refractivity contribution in [3.8, 4) is 5.69 Å². The summed E-state index contributed by atoms with van der Waals surface area (Å²) in [5, 5.41) is 4.93. The number of hydrogen-bond acceptors (Lipinski definition) is 5. The van der Waals surface area contributed by atoms with Crippen LogP contribution >= 0.6 is 23.1 Å². The van der Waals surface area contributed by atoms with Crippen molar-refractivity contribution in [2.75, 3.05) is 11.1 Å². The minimum atomic E-state index is -0.529. The van der Waals surface area contributed by atoms with E-state index in [9.17, 15) is 14.0 Å². The van der Waals surface area contributed by atoms with Crippen LogP contribution in [0.25, 0.3) is 15.9 Å². The number of aromatic nitrogens is 2. The van der Waals surface area contributed by atoms with E-state index in [0.29, 0.717) is 10.2 Å². The van der Waals surface area contributed by atoms with E-state index in [2.05, 4.69) is 10.3 Å². The molecule has 8 heteroatoms. The predicted molar refractivity (Wildman–Crippen MR) is 120 cm³/mol. The van der Waals surface area contributed by atoms with Gasteiger partial charge in [-0.2, -0.15) is 0 Å². The quantitative estimate of drug-likeness (QED) is 0.354. The maximum absolute atomic E-state index is 14.5. The summed E-state index contributed by atoms with van der Waals surface area (Å²) in [7, 11) is 0. The Kier molecular flexibility index (Phi) is 5.69. The van der Waals surface area contributed by atoms with Gasteiger partial charge in [-0.3, -0.25) is 14.2 Å². The fourth-order valence-electron chi connectivity index (χ4n) is 3.04. The van der Waals surface area contributed by atoms with Crippen LogP contribution in [0.2, 0.25) is 0 Å². The highest BCUT2D eigenvalue weighted by molar-refractivity contribution is 7.99. The lowest BCUT2D eigenvalue weighted by molar-refractivity contribution is -0.113. The number of fused-ring (bicyclic) bond motifs is 1. The van der Waals surface area contributed by atoms with Crippen molar-refractivity contribution >= 4 is 44.9 Å². The number of nitrogens with zero attached hydrogens (tertiary/aromatic N) is 2. The van der Waals surface area contributed by atoms with Gasteiger partial charge < -0.3 is 5.32 Å². The number of halogens is 1. The van der Waals surface area contributed by atoms with E-state index in [1.807, 2.05) is 32.0 Å². The maximum atomic E-state index is 14.5. The van der Waals surface area contributed by atoms with Crippen molar-refractivity contribution in [3.63, 3.8) is 0 Å². The molecule has 0 aliphatic carbocycles. The molecule has 4 rings (SSSR count). The Labute approximate surface area is 180 Å². The number of nitrogens with one attached hydrogen (secondary N) is 1. The summed E-state index contributed by atoms with van der Waals surface area (Å²) >= 11 is 2.36. The van der Waals surface area contributed by atoms with Gasteiger partial charge in [0.25, 0.3) is 5.56 Å². The number of hydrogen-bond donors (Lipinski definition) is 1. The fourth-order valence-corrected chi connectivity index (χ4v) is 4.60. The first-order valence-corrected chi connectivity index (χ1v) is 11.1. The number of amides is 1. The summed E-state index contributed by atoms with van der Waals surface area (Å²) in [6.45, 7) is 3.92. The molecule has 1 N–H and O–H groups in total. The smallest absolute Gasteiger partial charge is 0.276 e. The van der Waals surface area contributed by atoms with Gasteiger partial charge in [0.2, 0.25) is 5.91 Å². The molecule has 1 amide bonds. The van der Waals surface area contributed by atoms with Crippen LogP contribution in [0.1, 0.15) is 11.1 Å². The van der Waals surface area contributed by atoms with Gasteiger partial charge in [0.1, 0.15) is 10.5 Å². The van der Waals surface area contributed by atoms with Crippen LogP contribution in [0.3, 0.4) is 0 Å². The highest BCUT2D eigenvalue weighted by Crippen LogP contribution is 2.25. The zero-order chi connectivity index (χ0) is 21.3. The molecule has 152 valence electrons. The number of carbonyl (C=O) groups is 1. The zero-order valence-corrected chi connectivity index (χ0v) is 17.9. The first-order valence-electron chi connectivity index (χ1n) is 9.19. The average Bonchev–Trinajstić information content (AvgIpc) is 3.20. The molecular weight excluding hydrogens is 421 g/mol. The Bertz CT molecular complexity index is 1310. The molecule has 5 nitrogen and oxygen atoms in total. The van der Waals surface area contributed by atoms with Crippen LogP contribution in [0.15, 0.2) is 63.9 Å². The van der Waals surface area contributed by atoms with E-state index >= 15 is 0 Å². The summed E-state index contributed by atoms with van der Waals surface area (Å²) < 4.78 is 16.1. The van der Waals surface area contributed by atoms with Crippen LogP contribution < -0.4 is 10.9 Å². The monoisotopic (exact) mass is 439 g/mol. The number of thiophene rings is 1. The second-order valence-corrected chi connectivity index (χ2v) is 8.56. The van der Waals surface area contributed by atoms with E-state index < -0.39 is 5.82 Å². The molecule has 30 heavy (non-hydrogen) atoms. The van der Waals surface area contributed by atoms with Crippen molar-refractivity contribution in [1.82, 2.24) is 9.55 Å². The minimum Gasteiger partial charge on any atom is -0.325 e. The number of anilines is 1. The molecule has 0 spiro atoms. The Morgan fingerprint density at radius 2 is 1.97 bits per heavy atom. The van der Waals surface area contributed by atoms with Gasteiger partial charge in [-0.15, -0.1) is 11.3 Å². The fraction of sp³-hybridized carbons (Fsp3) is 0.136. The number of thioether (sulfide) groups is 1. The lowest BCUT2D eigenvalue weighted by Gasteiger charge is -2.13. The third kappa shape index (κ3) is 3.88. The molecule has 0 atom stereocenters. The molecule has 4 aromatic rings. The summed E-state index contributed by atoms with van der Waals surface area (Å²) in [5.41, 5.74) is 3.12. The highest BCUT2D eigenvalue weighted by atomic mass is 32.2. The molecule has 0 saturated carbocycles. The van der Waals surface area contributed by atoms with E-state index in [4.69, 9.17) is 0 Å². The molecule has 0 bridgehead atoms. The first-order chi connectivity index (χ1) is 14.5. The molecule has 0 fully saturated rings. The number of rotatable bonds is 5. The summed E-state index contributed by atoms with van der Waals surface area (Å²) in [4.78, 5) is 30.1. The van der Waals surface area contributed by atoms with Gasteiger partial charge in [0.05, 0.1) is 17.0 Å². The van der Waals surface area contributed by atoms with Gasteiger partial charge in [-0.25, -0.2) is 9.37 Å². The molecule has 0 radical (unpaired) electrons. The Balaban J connectivity index is 1.66. The van der Waals surface area contributed by atoms with Crippen molar-refractivity contribution in [3.05, 3.63) is 81.2 Å². The minimum absolute atomic E-state index is 0.0317. The van der Waals surface area contributed by atoms with Gasteiger partial charge in [0, 0.05) is 5.69 Å². The second-order valence-electron chi connectivity index (χ2n) is 6.71.